The fraction of sp³-hybridized carbons (Fsp3) is 0.500. The van der Waals surface area contributed by atoms with Crippen molar-refractivity contribution in [3.8, 4) is 12.3 Å². The zero-order valence-corrected chi connectivity index (χ0v) is 4.05. The topological polar surface area (TPSA) is 12.5 Å². The molecule has 1 atom stereocenters. The largest absolute Gasteiger partial charge is 0.373 e. The standard InChI is InChI=1S/C6H7O/c1-2-3-4-6-5-7-6/h1,3,6H,4-5H2. The normalized spacial score (nSPS) is 26.4. The van der Waals surface area contributed by atoms with E-state index in [1.807, 2.05) is 0 Å². The van der Waals surface area contributed by atoms with Crippen molar-refractivity contribution in [2.24, 2.45) is 0 Å². The van der Waals surface area contributed by atoms with E-state index in [0.29, 0.717) is 6.10 Å². The van der Waals surface area contributed by atoms with Crippen molar-refractivity contribution in [3.05, 3.63) is 6.42 Å². The molecule has 1 unspecified atom stereocenters. The van der Waals surface area contributed by atoms with Crippen LogP contribution in [-0.4, -0.2) is 12.7 Å². The molecule has 0 aromatic carbocycles. The Bertz CT molecular complexity index is 86.8. The maximum atomic E-state index is 4.94. The van der Waals surface area contributed by atoms with Crippen LogP contribution in [0.2, 0.25) is 0 Å². The molecule has 1 heteroatoms. The Labute approximate surface area is 43.7 Å². The number of epoxide rings is 1. The van der Waals surface area contributed by atoms with Crippen molar-refractivity contribution < 1.29 is 4.74 Å². The van der Waals surface area contributed by atoms with E-state index in [-0.39, 0.29) is 0 Å². The van der Waals surface area contributed by atoms with Crippen LogP contribution >= 0.6 is 0 Å². The fourth-order valence-electron chi connectivity index (χ4n) is 0.404. The summed E-state index contributed by atoms with van der Waals surface area (Å²) >= 11 is 0. The van der Waals surface area contributed by atoms with Gasteiger partial charge in [0.05, 0.1) is 12.7 Å². The third kappa shape index (κ3) is 1.61. The number of hydrogen-bond donors (Lipinski definition) is 0. The lowest BCUT2D eigenvalue weighted by atomic mass is 10.3. The molecule has 0 aromatic heterocycles. The smallest absolute Gasteiger partial charge is 0.0822 e. The summed E-state index contributed by atoms with van der Waals surface area (Å²) in [4.78, 5) is 0. The first-order chi connectivity index (χ1) is 3.43. The van der Waals surface area contributed by atoms with Gasteiger partial charge in [0.2, 0.25) is 0 Å². The fourth-order valence-corrected chi connectivity index (χ4v) is 0.404. The molecule has 1 aliphatic rings. The first-order valence-electron chi connectivity index (χ1n) is 2.33. The summed E-state index contributed by atoms with van der Waals surface area (Å²) in [5.41, 5.74) is 0. The molecule has 37 valence electrons. The van der Waals surface area contributed by atoms with Crippen LogP contribution in [0, 0.1) is 18.8 Å². The summed E-state index contributed by atoms with van der Waals surface area (Å²) in [6.07, 6.45) is 8.11. The molecule has 0 aromatic rings. The van der Waals surface area contributed by atoms with Gasteiger partial charge in [0.1, 0.15) is 0 Å². The molecular weight excluding hydrogens is 88.1 g/mol. The summed E-state index contributed by atoms with van der Waals surface area (Å²) in [5, 5.41) is 0. The molecule has 0 bridgehead atoms. The highest BCUT2D eigenvalue weighted by atomic mass is 16.6. The molecule has 0 N–H and O–H groups in total. The van der Waals surface area contributed by atoms with Crippen LogP contribution in [0.5, 0.6) is 0 Å². The van der Waals surface area contributed by atoms with Gasteiger partial charge in [-0.2, -0.15) is 0 Å². The average Bonchev–Trinajstić information content (AvgIpc) is 2.42. The lowest BCUT2D eigenvalue weighted by Crippen LogP contribution is -1.81. The van der Waals surface area contributed by atoms with E-state index in [4.69, 9.17) is 11.2 Å². The predicted octanol–water partition coefficient (Wildman–Crippen LogP) is 0.613. The minimum atomic E-state index is 0.455. The molecule has 1 heterocycles. The summed E-state index contributed by atoms with van der Waals surface area (Å²) in [6.45, 7) is 0.901. The van der Waals surface area contributed by atoms with Crippen LogP contribution < -0.4 is 0 Å². The average molecular weight is 95.1 g/mol. The van der Waals surface area contributed by atoms with Gasteiger partial charge in [-0.15, -0.1) is 12.3 Å². The Kier molecular flexibility index (Phi) is 1.33. The van der Waals surface area contributed by atoms with Gasteiger partial charge < -0.3 is 4.74 Å². The molecular formula is C6H7O. The zero-order valence-electron chi connectivity index (χ0n) is 4.05. The van der Waals surface area contributed by atoms with Gasteiger partial charge in [-0.25, -0.2) is 0 Å². The van der Waals surface area contributed by atoms with E-state index in [0.717, 1.165) is 13.0 Å². The van der Waals surface area contributed by atoms with E-state index in [2.05, 4.69) is 5.92 Å². The van der Waals surface area contributed by atoms with Crippen molar-refractivity contribution in [3.63, 3.8) is 0 Å². The first kappa shape index (κ1) is 4.67. The molecule has 7 heavy (non-hydrogen) atoms. The van der Waals surface area contributed by atoms with Crippen LogP contribution in [0.15, 0.2) is 0 Å². The molecule has 1 saturated heterocycles. The summed E-state index contributed by atoms with van der Waals surface area (Å²) < 4.78 is 4.88. The summed E-state index contributed by atoms with van der Waals surface area (Å²) in [6, 6.07) is 0. The highest BCUT2D eigenvalue weighted by molar-refractivity contribution is 5.02. The molecule has 1 fully saturated rings. The molecule has 0 spiro atoms. The van der Waals surface area contributed by atoms with Crippen LogP contribution in [0.4, 0.5) is 0 Å². The van der Waals surface area contributed by atoms with E-state index in [1.54, 1.807) is 6.42 Å². The minimum absolute atomic E-state index is 0.455. The van der Waals surface area contributed by atoms with Crippen LogP contribution in [0.25, 0.3) is 0 Å². The van der Waals surface area contributed by atoms with Gasteiger partial charge in [-0.05, 0) is 6.42 Å². The van der Waals surface area contributed by atoms with Crippen LogP contribution in [-0.2, 0) is 4.74 Å². The third-order valence-corrected chi connectivity index (χ3v) is 0.901. The van der Waals surface area contributed by atoms with Crippen molar-refractivity contribution in [1.29, 1.82) is 0 Å². The van der Waals surface area contributed by atoms with E-state index in [9.17, 15) is 0 Å². The second kappa shape index (κ2) is 1.99. The van der Waals surface area contributed by atoms with Gasteiger partial charge in [0.15, 0.2) is 0 Å². The number of terminal acetylenes is 1. The number of rotatable bonds is 2. The Balaban J connectivity index is 1.91. The maximum Gasteiger partial charge on any atom is 0.0822 e. The van der Waals surface area contributed by atoms with Crippen molar-refractivity contribution >= 4 is 0 Å². The Morgan fingerprint density at radius 2 is 2.71 bits per heavy atom. The minimum Gasteiger partial charge on any atom is -0.373 e. The molecule has 0 amide bonds. The molecule has 1 rings (SSSR count). The number of hydrogen-bond acceptors (Lipinski definition) is 1. The first-order valence-corrected chi connectivity index (χ1v) is 2.33. The predicted molar refractivity (Wildman–Crippen MR) is 27.5 cm³/mol. The van der Waals surface area contributed by atoms with Crippen molar-refractivity contribution in [2.45, 2.75) is 12.5 Å². The van der Waals surface area contributed by atoms with Gasteiger partial charge in [-0.3, -0.25) is 0 Å². The van der Waals surface area contributed by atoms with Crippen LogP contribution in [0.3, 0.4) is 0 Å². The van der Waals surface area contributed by atoms with E-state index < -0.39 is 0 Å². The molecule has 0 saturated carbocycles. The van der Waals surface area contributed by atoms with Crippen molar-refractivity contribution in [2.75, 3.05) is 6.61 Å². The van der Waals surface area contributed by atoms with Crippen molar-refractivity contribution in [1.82, 2.24) is 0 Å². The lowest BCUT2D eigenvalue weighted by Gasteiger charge is -1.79. The SMILES string of the molecule is C#C[CH]CC1CO1. The third-order valence-electron chi connectivity index (χ3n) is 0.901. The quantitative estimate of drug-likeness (QED) is 0.361. The molecule has 1 nitrogen and oxygen atoms in total. The second-order valence-electron chi connectivity index (χ2n) is 1.56. The van der Waals surface area contributed by atoms with E-state index >= 15 is 0 Å². The maximum absolute atomic E-state index is 4.94. The van der Waals surface area contributed by atoms with Gasteiger partial charge in [0, 0.05) is 6.42 Å². The van der Waals surface area contributed by atoms with Gasteiger partial charge in [0.25, 0.3) is 0 Å². The van der Waals surface area contributed by atoms with Gasteiger partial charge >= 0.3 is 0 Å². The Hall–Kier alpha value is -0.480. The monoisotopic (exact) mass is 95.0 g/mol. The zero-order chi connectivity index (χ0) is 5.11. The Morgan fingerprint density at radius 1 is 2.00 bits per heavy atom. The van der Waals surface area contributed by atoms with Gasteiger partial charge in [-0.1, -0.05) is 0 Å². The Morgan fingerprint density at radius 3 is 3.14 bits per heavy atom. The van der Waals surface area contributed by atoms with E-state index in [1.165, 1.54) is 0 Å². The molecule has 1 aliphatic heterocycles. The highest BCUT2D eigenvalue weighted by Crippen LogP contribution is 2.13. The number of ether oxygens (including phenoxy) is 1. The second-order valence-corrected chi connectivity index (χ2v) is 1.56. The highest BCUT2D eigenvalue weighted by Gasteiger charge is 2.20. The molecule has 1 radical (unpaired) electrons. The van der Waals surface area contributed by atoms with Crippen LogP contribution in [0.1, 0.15) is 6.42 Å². The summed E-state index contributed by atoms with van der Waals surface area (Å²) in [5.74, 6) is 2.43. The molecule has 0 aliphatic carbocycles. The summed E-state index contributed by atoms with van der Waals surface area (Å²) in [7, 11) is 0. The lowest BCUT2D eigenvalue weighted by molar-refractivity contribution is 0.408.